The summed E-state index contributed by atoms with van der Waals surface area (Å²) in [4.78, 5) is 30.9. The van der Waals surface area contributed by atoms with Gasteiger partial charge < -0.3 is 15.1 Å². The molecule has 0 fully saturated rings. The lowest BCUT2D eigenvalue weighted by Gasteiger charge is -2.16. The molecule has 0 saturated carbocycles. The second kappa shape index (κ2) is 8.22. The standard InChI is InChI=1S/C20H20ClN3O3/c1-13-9-14(2)20(16(21)10-13)23-18(25)11-22-27-12-19(26)24-8-7-15-5-3-4-6-17(15)24/h3-6,9-11H,7-8,12H2,1-2H3,(H,23,25). The predicted octanol–water partition coefficient (Wildman–Crippen LogP) is 3.49. The first-order valence-electron chi connectivity index (χ1n) is 8.57. The smallest absolute Gasteiger partial charge is 0.270 e. The second-order valence-electron chi connectivity index (χ2n) is 6.36. The van der Waals surface area contributed by atoms with Gasteiger partial charge in [0.1, 0.15) is 6.21 Å². The van der Waals surface area contributed by atoms with Crippen molar-refractivity contribution in [3.63, 3.8) is 0 Å². The number of nitrogens with one attached hydrogen (secondary N) is 1. The molecule has 0 saturated heterocycles. The Morgan fingerprint density at radius 2 is 2.07 bits per heavy atom. The summed E-state index contributed by atoms with van der Waals surface area (Å²) >= 11 is 6.16. The monoisotopic (exact) mass is 385 g/mol. The quantitative estimate of drug-likeness (QED) is 0.632. The lowest BCUT2D eigenvalue weighted by Crippen LogP contribution is -2.31. The first-order chi connectivity index (χ1) is 13.0. The number of fused-ring (bicyclic) bond motifs is 1. The average Bonchev–Trinajstić information content (AvgIpc) is 3.06. The van der Waals surface area contributed by atoms with Crippen LogP contribution >= 0.6 is 11.6 Å². The summed E-state index contributed by atoms with van der Waals surface area (Å²) in [6.07, 6.45) is 1.81. The summed E-state index contributed by atoms with van der Waals surface area (Å²) in [5.41, 5.74) is 4.43. The lowest BCUT2D eigenvalue weighted by atomic mass is 10.1. The second-order valence-corrected chi connectivity index (χ2v) is 6.77. The molecule has 1 heterocycles. The molecule has 140 valence electrons. The molecule has 0 aliphatic carbocycles. The zero-order chi connectivity index (χ0) is 19.4. The molecule has 0 spiro atoms. The van der Waals surface area contributed by atoms with Gasteiger partial charge in [0, 0.05) is 12.2 Å². The first kappa shape index (κ1) is 18.9. The van der Waals surface area contributed by atoms with Crippen LogP contribution < -0.4 is 10.2 Å². The van der Waals surface area contributed by atoms with Crippen LogP contribution in [0.3, 0.4) is 0 Å². The maximum absolute atomic E-state index is 12.3. The summed E-state index contributed by atoms with van der Waals surface area (Å²) in [7, 11) is 0. The molecule has 1 aliphatic heterocycles. The number of anilines is 2. The predicted molar refractivity (Wildman–Crippen MR) is 106 cm³/mol. The molecular formula is C20H20ClN3O3. The van der Waals surface area contributed by atoms with E-state index in [1.54, 1.807) is 11.0 Å². The van der Waals surface area contributed by atoms with E-state index < -0.39 is 5.91 Å². The average molecular weight is 386 g/mol. The van der Waals surface area contributed by atoms with Crippen molar-refractivity contribution in [1.82, 2.24) is 0 Å². The Bertz CT molecular complexity index is 888. The number of benzene rings is 2. The van der Waals surface area contributed by atoms with Crippen molar-refractivity contribution >= 4 is 41.0 Å². The Labute approximate surface area is 162 Å². The number of oxime groups is 1. The number of hydrogen-bond acceptors (Lipinski definition) is 4. The number of hydrogen-bond donors (Lipinski definition) is 1. The maximum atomic E-state index is 12.3. The molecule has 0 atom stereocenters. The van der Waals surface area contributed by atoms with Gasteiger partial charge >= 0.3 is 0 Å². The SMILES string of the molecule is Cc1cc(C)c(NC(=O)C=NOCC(=O)N2CCc3ccccc32)c(Cl)c1. The first-order valence-corrected chi connectivity index (χ1v) is 8.95. The maximum Gasteiger partial charge on any atom is 0.270 e. The molecule has 1 N–H and O–H groups in total. The fourth-order valence-corrected chi connectivity index (χ4v) is 3.45. The fraction of sp³-hybridized carbons (Fsp3) is 0.250. The molecule has 0 radical (unpaired) electrons. The van der Waals surface area contributed by atoms with E-state index in [9.17, 15) is 9.59 Å². The van der Waals surface area contributed by atoms with Gasteiger partial charge in [-0.25, -0.2) is 0 Å². The zero-order valence-electron chi connectivity index (χ0n) is 15.2. The van der Waals surface area contributed by atoms with Gasteiger partial charge in [-0.2, -0.15) is 0 Å². The minimum atomic E-state index is -0.483. The topological polar surface area (TPSA) is 71.0 Å². The third-order valence-electron chi connectivity index (χ3n) is 4.30. The number of amides is 2. The molecule has 2 aromatic rings. The Morgan fingerprint density at radius 1 is 1.30 bits per heavy atom. The molecule has 0 bridgehead atoms. The van der Waals surface area contributed by atoms with Gasteiger partial charge in [-0.15, -0.1) is 0 Å². The summed E-state index contributed by atoms with van der Waals surface area (Å²) < 4.78 is 0. The molecule has 0 aromatic heterocycles. The number of nitrogens with zero attached hydrogens (tertiary/aromatic N) is 2. The van der Waals surface area contributed by atoms with Crippen LogP contribution in [0.1, 0.15) is 16.7 Å². The third-order valence-corrected chi connectivity index (χ3v) is 4.60. The molecule has 27 heavy (non-hydrogen) atoms. The highest BCUT2D eigenvalue weighted by molar-refractivity contribution is 6.37. The van der Waals surface area contributed by atoms with Crippen molar-refractivity contribution in [3.05, 3.63) is 58.1 Å². The number of halogens is 1. The molecular weight excluding hydrogens is 366 g/mol. The van der Waals surface area contributed by atoms with Gasteiger partial charge in [0.05, 0.1) is 10.7 Å². The minimum Gasteiger partial charge on any atom is -0.385 e. The van der Waals surface area contributed by atoms with Crippen molar-refractivity contribution in [2.75, 3.05) is 23.4 Å². The number of para-hydroxylation sites is 1. The normalized spacial score (nSPS) is 12.9. The fourth-order valence-electron chi connectivity index (χ4n) is 3.08. The van der Waals surface area contributed by atoms with Crippen LogP contribution in [0.25, 0.3) is 0 Å². The molecule has 3 rings (SSSR count). The van der Waals surface area contributed by atoms with Gasteiger partial charge in [-0.05, 0) is 49.1 Å². The highest BCUT2D eigenvalue weighted by atomic mass is 35.5. The number of carbonyl (C=O) groups excluding carboxylic acids is 2. The summed E-state index contributed by atoms with van der Waals surface area (Å²) in [6, 6.07) is 11.4. The highest BCUT2D eigenvalue weighted by Gasteiger charge is 2.24. The van der Waals surface area contributed by atoms with Gasteiger partial charge in [0.25, 0.3) is 11.8 Å². The third kappa shape index (κ3) is 4.46. The van der Waals surface area contributed by atoms with Crippen LogP contribution in [0, 0.1) is 13.8 Å². The van der Waals surface area contributed by atoms with Crippen LogP contribution in [0.4, 0.5) is 11.4 Å². The van der Waals surface area contributed by atoms with E-state index in [1.807, 2.05) is 44.2 Å². The zero-order valence-corrected chi connectivity index (χ0v) is 15.9. The van der Waals surface area contributed by atoms with Crippen LogP contribution in [0.5, 0.6) is 0 Å². The summed E-state index contributed by atoms with van der Waals surface area (Å²) in [5.74, 6) is -0.683. The minimum absolute atomic E-state index is 0.199. The lowest BCUT2D eigenvalue weighted by molar-refractivity contribution is -0.123. The summed E-state index contributed by atoms with van der Waals surface area (Å²) in [6.45, 7) is 4.17. The summed E-state index contributed by atoms with van der Waals surface area (Å²) in [5, 5.41) is 6.71. The van der Waals surface area contributed by atoms with E-state index in [0.717, 1.165) is 35.0 Å². The molecule has 1 aliphatic rings. The van der Waals surface area contributed by atoms with Crippen molar-refractivity contribution in [3.8, 4) is 0 Å². The number of carbonyl (C=O) groups is 2. The van der Waals surface area contributed by atoms with Crippen LogP contribution in [0.15, 0.2) is 41.6 Å². The molecule has 7 heteroatoms. The number of aryl methyl sites for hydroxylation is 2. The van der Waals surface area contributed by atoms with Crippen molar-refractivity contribution < 1.29 is 14.4 Å². The van der Waals surface area contributed by atoms with Gasteiger partial charge in [0.15, 0.2) is 6.61 Å². The van der Waals surface area contributed by atoms with Gasteiger partial charge in [-0.3, -0.25) is 9.59 Å². The van der Waals surface area contributed by atoms with Crippen LogP contribution in [0.2, 0.25) is 5.02 Å². The Balaban J connectivity index is 1.51. The molecule has 6 nitrogen and oxygen atoms in total. The van der Waals surface area contributed by atoms with E-state index in [0.29, 0.717) is 17.3 Å². The van der Waals surface area contributed by atoms with Crippen LogP contribution in [-0.4, -0.2) is 31.2 Å². The number of rotatable bonds is 5. The van der Waals surface area contributed by atoms with E-state index in [4.69, 9.17) is 16.4 Å². The Morgan fingerprint density at radius 3 is 2.85 bits per heavy atom. The van der Waals surface area contributed by atoms with Crippen LogP contribution in [-0.2, 0) is 20.8 Å². The molecule has 2 aromatic carbocycles. The van der Waals surface area contributed by atoms with Gasteiger partial charge in [0.2, 0.25) is 0 Å². The van der Waals surface area contributed by atoms with E-state index in [1.165, 1.54) is 0 Å². The van der Waals surface area contributed by atoms with Crippen molar-refractivity contribution in [2.45, 2.75) is 20.3 Å². The van der Waals surface area contributed by atoms with E-state index in [-0.39, 0.29) is 12.5 Å². The Kier molecular flexibility index (Phi) is 5.76. The Hall–Kier alpha value is -2.86. The van der Waals surface area contributed by atoms with E-state index >= 15 is 0 Å². The van der Waals surface area contributed by atoms with Gasteiger partial charge in [-0.1, -0.05) is 41.0 Å². The van der Waals surface area contributed by atoms with E-state index in [2.05, 4.69) is 10.5 Å². The molecule has 0 unspecified atom stereocenters. The largest absolute Gasteiger partial charge is 0.385 e. The van der Waals surface area contributed by atoms with Crippen molar-refractivity contribution in [1.29, 1.82) is 0 Å². The highest BCUT2D eigenvalue weighted by Crippen LogP contribution is 2.28. The molecule has 2 amide bonds. The van der Waals surface area contributed by atoms with Crippen molar-refractivity contribution in [2.24, 2.45) is 5.16 Å².